The Labute approximate surface area is 87.9 Å². The first-order chi connectivity index (χ1) is 6.52. The van der Waals surface area contributed by atoms with E-state index in [0.717, 1.165) is 0 Å². The normalized spacial score (nSPS) is 13.3. The van der Waals surface area contributed by atoms with Gasteiger partial charge in [0.1, 0.15) is 5.82 Å². The van der Waals surface area contributed by atoms with E-state index < -0.39 is 11.9 Å². The van der Waals surface area contributed by atoms with Crippen LogP contribution >= 0.6 is 11.6 Å². The van der Waals surface area contributed by atoms with Crippen LogP contribution in [-0.4, -0.2) is 30.6 Å². The van der Waals surface area contributed by atoms with Crippen LogP contribution in [0.1, 0.15) is 11.7 Å². The monoisotopic (exact) mass is 217 g/mol. The summed E-state index contributed by atoms with van der Waals surface area (Å²) in [5.41, 5.74) is 0.169. The summed E-state index contributed by atoms with van der Waals surface area (Å²) in [5.74, 6) is -0.466. The van der Waals surface area contributed by atoms with Crippen LogP contribution in [0, 0.1) is 5.82 Å². The minimum absolute atomic E-state index is 0.169. The highest BCUT2D eigenvalue weighted by atomic mass is 35.5. The first-order valence-corrected chi connectivity index (χ1v) is 4.67. The molecule has 0 heterocycles. The molecule has 0 aliphatic carbocycles. The fourth-order valence-corrected chi connectivity index (χ4v) is 1.56. The third-order valence-corrected chi connectivity index (χ3v) is 2.20. The van der Waals surface area contributed by atoms with Crippen molar-refractivity contribution in [1.29, 1.82) is 0 Å². The zero-order valence-electron chi connectivity index (χ0n) is 8.17. The van der Waals surface area contributed by atoms with Crippen LogP contribution < -0.4 is 0 Å². The SMILES string of the molecule is CN(C)CC(O)c1c(F)cccc1Cl. The Balaban J connectivity index is 2.94. The van der Waals surface area contributed by atoms with Crippen molar-refractivity contribution < 1.29 is 9.50 Å². The van der Waals surface area contributed by atoms with Gasteiger partial charge >= 0.3 is 0 Å². The highest BCUT2D eigenvalue weighted by Gasteiger charge is 2.16. The van der Waals surface area contributed by atoms with Gasteiger partial charge in [0, 0.05) is 17.1 Å². The molecule has 0 spiro atoms. The largest absolute Gasteiger partial charge is 0.387 e. The number of halogens is 2. The van der Waals surface area contributed by atoms with Crippen molar-refractivity contribution in [3.05, 3.63) is 34.6 Å². The molecule has 1 N–H and O–H groups in total. The number of hydrogen-bond acceptors (Lipinski definition) is 2. The Morgan fingerprint density at radius 1 is 1.50 bits per heavy atom. The molecule has 2 nitrogen and oxygen atoms in total. The predicted molar refractivity (Wildman–Crippen MR) is 54.9 cm³/mol. The highest BCUT2D eigenvalue weighted by molar-refractivity contribution is 6.31. The topological polar surface area (TPSA) is 23.5 Å². The summed E-state index contributed by atoms with van der Waals surface area (Å²) in [5, 5.41) is 9.95. The Morgan fingerprint density at radius 3 is 2.64 bits per heavy atom. The number of likely N-dealkylation sites (N-methyl/N-ethyl adjacent to an activating group) is 1. The number of hydrogen-bond donors (Lipinski definition) is 1. The van der Waals surface area contributed by atoms with Crippen molar-refractivity contribution in [2.24, 2.45) is 0 Å². The fourth-order valence-electron chi connectivity index (χ4n) is 1.27. The molecule has 78 valence electrons. The molecule has 1 unspecified atom stereocenters. The maximum Gasteiger partial charge on any atom is 0.130 e. The van der Waals surface area contributed by atoms with Crippen LogP contribution in [0.3, 0.4) is 0 Å². The molecule has 1 rings (SSSR count). The first kappa shape index (κ1) is 11.4. The van der Waals surface area contributed by atoms with Gasteiger partial charge in [0.05, 0.1) is 6.10 Å². The minimum Gasteiger partial charge on any atom is -0.387 e. The lowest BCUT2D eigenvalue weighted by Gasteiger charge is -2.17. The Morgan fingerprint density at radius 2 is 2.14 bits per heavy atom. The number of benzene rings is 1. The Kier molecular flexibility index (Phi) is 3.86. The smallest absolute Gasteiger partial charge is 0.130 e. The van der Waals surface area contributed by atoms with Gasteiger partial charge in [-0.1, -0.05) is 17.7 Å². The van der Waals surface area contributed by atoms with E-state index in [-0.39, 0.29) is 10.6 Å². The molecule has 1 aromatic carbocycles. The lowest BCUT2D eigenvalue weighted by atomic mass is 10.1. The van der Waals surface area contributed by atoms with Gasteiger partial charge in [-0.3, -0.25) is 0 Å². The molecule has 0 aliphatic heterocycles. The zero-order chi connectivity index (χ0) is 10.7. The van der Waals surface area contributed by atoms with Gasteiger partial charge in [-0.2, -0.15) is 0 Å². The number of nitrogens with zero attached hydrogens (tertiary/aromatic N) is 1. The van der Waals surface area contributed by atoms with Crippen LogP contribution in [0.25, 0.3) is 0 Å². The maximum atomic E-state index is 13.3. The van der Waals surface area contributed by atoms with Gasteiger partial charge in [-0.25, -0.2) is 4.39 Å². The van der Waals surface area contributed by atoms with E-state index in [1.807, 2.05) is 0 Å². The van der Waals surface area contributed by atoms with Crippen molar-refractivity contribution in [2.45, 2.75) is 6.10 Å². The van der Waals surface area contributed by atoms with Crippen LogP contribution in [-0.2, 0) is 0 Å². The summed E-state index contributed by atoms with van der Waals surface area (Å²) in [6.07, 6.45) is -0.890. The lowest BCUT2D eigenvalue weighted by molar-refractivity contribution is 0.135. The molecule has 14 heavy (non-hydrogen) atoms. The summed E-state index contributed by atoms with van der Waals surface area (Å²) in [6, 6.07) is 4.38. The molecular weight excluding hydrogens is 205 g/mol. The van der Waals surface area contributed by atoms with Gasteiger partial charge in [0.2, 0.25) is 0 Å². The molecule has 0 amide bonds. The number of aliphatic hydroxyl groups is 1. The molecule has 0 saturated carbocycles. The van der Waals surface area contributed by atoms with E-state index in [4.69, 9.17) is 11.6 Å². The molecule has 0 aromatic heterocycles. The van der Waals surface area contributed by atoms with Crippen molar-refractivity contribution in [3.8, 4) is 0 Å². The molecule has 1 atom stereocenters. The van der Waals surface area contributed by atoms with Gasteiger partial charge in [-0.15, -0.1) is 0 Å². The number of rotatable bonds is 3. The van der Waals surface area contributed by atoms with Gasteiger partial charge in [-0.05, 0) is 26.2 Å². The maximum absolute atomic E-state index is 13.3. The summed E-state index contributed by atoms with van der Waals surface area (Å²) < 4.78 is 13.3. The van der Waals surface area contributed by atoms with Crippen molar-refractivity contribution in [2.75, 3.05) is 20.6 Å². The molecule has 0 bridgehead atoms. The Hall–Kier alpha value is -0.640. The number of aliphatic hydroxyl groups excluding tert-OH is 1. The molecule has 1 aromatic rings. The standard InChI is InChI=1S/C10H13ClFNO/c1-13(2)6-9(14)10-7(11)4-3-5-8(10)12/h3-5,9,14H,6H2,1-2H3. The van der Waals surface area contributed by atoms with Crippen molar-refractivity contribution >= 4 is 11.6 Å². The molecular formula is C10H13ClFNO. The molecule has 4 heteroatoms. The molecule has 0 fully saturated rings. The second-order valence-electron chi connectivity index (χ2n) is 3.41. The van der Waals surface area contributed by atoms with Crippen molar-refractivity contribution in [1.82, 2.24) is 4.90 Å². The van der Waals surface area contributed by atoms with Gasteiger partial charge in [0.15, 0.2) is 0 Å². The van der Waals surface area contributed by atoms with Crippen molar-refractivity contribution in [3.63, 3.8) is 0 Å². The fraction of sp³-hybridized carbons (Fsp3) is 0.400. The Bertz CT molecular complexity index is 297. The summed E-state index contributed by atoms with van der Waals surface area (Å²) in [4.78, 5) is 1.77. The van der Waals surface area contributed by atoms with E-state index in [2.05, 4.69) is 0 Å². The van der Waals surface area contributed by atoms with Crippen LogP contribution in [0.15, 0.2) is 18.2 Å². The zero-order valence-corrected chi connectivity index (χ0v) is 8.92. The van der Waals surface area contributed by atoms with E-state index in [9.17, 15) is 9.50 Å². The lowest BCUT2D eigenvalue weighted by Crippen LogP contribution is -2.21. The predicted octanol–water partition coefficient (Wildman–Crippen LogP) is 2.07. The quantitative estimate of drug-likeness (QED) is 0.838. The van der Waals surface area contributed by atoms with E-state index in [1.54, 1.807) is 25.1 Å². The highest BCUT2D eigenvalue weighted by Crippen LogP contribution is 2.25. The van der Waals surface area contributed by atoms with Crippen LogP contribution in [0.4, 0.5) is 4.39 Å². The second-order valence-corrected chi connectivity index (χ2v) is 3.82. The van der Waals surface area contributed by atoms with Gasteiger partial charge < -0.3 is 10.0 Å². The molecule has 0 saturated heterocycles. The average Bonchev–Trinajstić information content (AvgIpc) is 2.01. The van der Waals surface area contributed by atoms with E-state index in [0.29, 0.717) is 6.54 Å². The minimum atomic E-state index is -0.890. The van der Waals surface area contributed by atoms with Gasteiger partial charge in [0.25, 0.3) is 0 Å². The molecule has 0 aliphatic rings. The third kappa shape index (κ3) is 2.67. The summed E-state index contributed by atoms with van der Waals surface area (Å²) in [7, 11) is 3.61. The third-order valence-electron chi connectivity index (χ3n) is 1.87. The van der Waals surface area contributed by atoms with Crippen LogP contribution in [0.2, 0.25) is 5.02 Å². The van der Waals surface area contributed by atoms with E-state index in [1.165, 1.54) is 12.1 Å². The van der Waals surface area contributed by atoms with E-state index >= 15 is 0 Å². The summed E-state index contributed by atoms with van der Waals surface area (Å²) >= 11 is 5.79. The van der Waals surface area contributed by atoms with Crippen LogP contribution in [0.5, 0.6) is 0 Å². The second kappa shape index (κ2) is 4.73. The average molecular weight is 218 g/mol. The first-order valence-electron chi connectivity index (χ1n) is 4.29. The summed E-state index contributed by atoms with van der Waals surface area (Å²) in [6.45, 7) is 0.348. The molecule has 0 radical (unpaired) electrons.